The lowest BCUT2D eigenvalue weighted by Gasteiger charge is -2.29. The first-order chi connectivity index (χ1) is 10.7. The van der Waals surface area contributed by atoms with Crippen LogP contribution in [0.3, 0.4) is 0 Å². The molecule has 4 N–H and O–H groups in total. The molecule has 1 aromatic heterocycles. The zero-order valence-electron chi connectivity index (χ0n) is 11.9. The van der Waals surface area contributed by atoms with E-state index < -0.39 is 49.7 Å². The van der Waals surface area contributed by atoms with Crippen molar-refractivity contribution in [2.45, 2.75) is 31.0 Å². The molecule has 2 fully saturated rings. The van der Waals surface area contributed by atoms with Crippen LogP contribution < -0.4 is 11.2 Å². The Morgan fingerprint density at radius 3 is 2.83 bits per heavy atom. The van der Waals surface area contributed by atoms with Crippen LogP contribution in [0.1, 0.15) is 11.8 Å². The molecule has 1 aromatic rings. The van der Waals surface area contributed by atoms with Gasteiger partial charge in [-0.2, -0.15) is 0 Å². The third-order valence-electron chi connectivity index (χ3n) is 3.91. The van der Waals surface area contributed by atoms with Gasteiger partial charge in [0, 0.05) is 11.8 Å². The van der Waals surface area contributed by atoms with Crippen LogP contribution in [0.5, 0.6) is 0 Å². The molecule has 4 atom stereocenters. The van der Waals surface area contributed by atoms with E-state index in [1.54, 1.807) is 0 Å². The van der Waals surface area contributed by atoms with E-state index in [4.69, 9.17) is 23.8 Å². The highest BCUT2D eigenvalue weighted by Crippen LogP contribution is 2.51. The molecule has 0 aliphatic carbocycles. The van der Waals surface area contributed by atoms with Crippen LogP contribution in [-0.2, 0) is 18.6 Å². The molecular weight excluding hydrogens is 335 g/mol. The molecule has 12 heteroatoms. The van der Waals surface area contributed by atoms with Crippen molar-refractivity contribution in [3.8, 4) is 0 Å². The number of phosphoric acid groups is 1. The minimum absolute atomic E-state index is 0.146. The largest absolute Gasteiger partial charge is 0.470 e. The zero-order valence-corrected chi connectivity index (χ0v) is 12.8. The van der Waals surface area contributed by atoms with Gasteiger partial charge in [-0.1, -0.05) is 0 Å². The molecule has 0 unspecified atom stereocenters. The van der Waals surface area contributed by atoms with Crippen molar-refractivity contribution in [1.29, 1.82) is 0 Å². The van der Waals surface area contributed by atoms with Gasteiger partial charge in [0.15, 0.2) is 6.23 Å². The Kier molecular flexibility index (Phi) is 3.84. The summed E-state index contributed by atoms with van der Waals surface area (Å²) in [6, 6.07) is 0. The smallest absolute Gasteiger partial charge is 0.393 e. The quantitative estimate of drug-likeness (QED) is 0.449. The first kappa shape index (κ1) is 16.5. The Balaban J connectivity index is 2.02. The lowest BCUT2D eigenvalue weighted by molar-refractivity contribution is -0.187. The van der Waals surface area contributed by atoms with Crippen LogP contribution in [0, 0.1) is 6.92 Å². The number of ether oxygens (including phenoxy) is 2. The Labute approximate surface area is 128 Å². The molecule has 3 rings (SSSR count). The average Bonchev–Trinajstić information content (AvgIpc) is 2.93. The van der Waals surface area contributed by atoms with Gasteiger partial charge in [-0.3, -0.25) is 18.9 Å². The summed E-state index contributed by atoms with van der Waals surface area (Å²) in [6.07, 6.45) is -2.15. The number of phosphoric ester groups is 1. The fourth-order valence-electron chi connectivity index (χ4n) is 2.81. The Morgan fingerprint density at radius 2 is 2.22 bits per heavy atom. The van der Waals surface area contributed by atoms with E-state index in [1.807, 2.05) is 0 Å². The van der Waals surface area contributed by atoms with Crippen molar-refractivity contribution in [2.75, 3.05) is 13.2 Å². The predicted molar refractivity (Wildman–Crippen MR) is 72.7 cm³/mol. The third-order valence-corrected chi connectivity index (χ3v) is 4.41. The molecule has 3 heterocycles. The minimum atomic E-state index is -4.87. The number of aliphatic hydroxyl groups is 1. The van der Waals surface area contributed by atoms with Gasteiger partial charge in [0.25, 0.3) is 5.56 Å². The number of hydrogen-bond acceptors (Lipinski definition) is 7. The number of hydrogen-bond donors (Lipinski definition) is 4. The summed E-state index contributed by atoms with van der Waals surface area (Å²) in [5.74, 6) is 0. The number of aromatic amines is 1. The maximum absolute atomic E-state index is 12.0. The van der Waals surface area contributed by atoms with Crippen molar-refractivity contribution in [3.63, 3.8) is 0 Å². The van der Waals surface area contributed by atoms with Crippen LogP contribution in [-0.4, -0.2) is 55.5 Å². The van der Waals surface area contributed by atoms with Gasteiger partial charge in [-0.15, -0.1) is 0 Å². The minimum Gasteiger partial charge on any atom is -0.393 e. The summed E-state index contributed by atoms with van der Waals surface area (Å²) in [5, 5.41) is 9.56. The second-order valence-electron chi connectivity index (χ2n) is 5.50. The summed E-state index contributed by atoms with van der Waals surface area (Å²) in [5.41, 5.74) is -2.60. The number of aliphatic hydroxyl groups excluding tert-OH is 1. The second kappa shape index (κ2) is 5.35. The van der Waals surface area contributed by atoms with E-state index in [2.05, 4.69) is 4.98 Å². The Hall–Kier alpha value is -1.33. The van der Waals surface area contributed by atoms with Gasteiger partial charge in [0.1, 0.15) is 17.8 Å². The third kappa shape index (κ3) is 2.70. The summed E-state index contributed by atoms with van der Waals surface area (Å²) >= 11 is 0. The van der Waals surface area contributed by atoms with E-state index in [1.165, 1.54) is 13.1 Å². The predicted octanol–water partition coefficient (Wildman–Crippen LogP) is -2.02. The van der Waals surface area contributed by atoms with Crippen molar-refractivity contribution >= 4 is 7.82 Å². The topological polar surface area (TPSA) is 160 Å². The maximum Gasteiger partial charge on any atom is 0.470 e. The monoisotopic (exact) mass is 350 g/mol. The van der Waals surface area contributed by atoms with Crippen LogP contribution in [0.15, 0.2) is 15.8 Å². The van der Waals surface area contributed by atoms with Crippen molar-refractivity contribution in [3.05, 3.63) is 32.6 Å². The molecule has 0 amide bonds. The fraction of sp³-hybridized carbons (Fsp3) is 0.636. The number of aromatic nitrogens is 2. The van der Waals surface area contributed by atoms with Gasteiger partial charge in [0.05, 0.1) is 13.2 Å². The zero-order chi connectivity index (χ0) is 17.0. The summed E-state index contributed by atoms with van der Waals surface area (Å²) in [6.45, 7) is 0.711. The number of rotatable bonds is 4. The Morgan fingerprint density at radius 1 is 1.52 bits per heavy atom. The highest BCUT2D eigenvalue weighted by molar-refractivity contribution is 7.46. The first-order valence-electron chi connectivity index (χ1n) is 6.63. The molecule has 2 saturated heterocycles. The highest BCUT2D eigenvalue weighted by Gasteiger charge is 2.64. The molecule has 11 nitrogen and oxygen atoms in total. The lowest BCUT2D eigenvalue weighted by Crippen LogP contribution is -2.45. The lowest BCUT2D eigenvalue weighted by atomic mass is 10.0. The molecule has 2 bridgehead atoms. The molecule has 0 spiro atoms. The normalized spacial score (nSPS) is 33.3. The van der Waals surface area contributed by atoms with Crippen LogP contribution >= 0.6 is 7.82 Å². The van der Waals surface area contributed by atoms with Gasteiger partial charge in [0.2, 0.25) is 0 Å². The molecule has 0 saturated carbocycles. The number of H-pyrrole nitrogens is 1. The molecule has 2 aliphatic rings. The van der Waals surface area contributed by atoms with Gasteiger partial charge >= 0.3 is 13.5 Å². The van der Waals surface area contributed by atoms with Crippen LogP contribution in [0.4, 0.5) is 0 Å². The maximum atomic E-state index is 12.0. The van der Waals surface area contributed by atoms with Gasteiger partial charge < -0.3 is 24.4 Å². The molecule has 128 valence electrons. The molecule has 0 radical (unpaired) electrons. The van der Waals surface area contributed by atoms with E-state index in [9.17, 15) is 19.3 Å². The SMILES string of the molecule is Cc1cn([C@@H]2O[C@@]3(CO)CO[C@@H]2[C@@H]3OP(=O)(O)O)c(=O)[nH]c1=O. The van der Waals surface area contributed by atoms with Crippen molar-refractivity contribution < 1.29 is 33.5 Å². The Bertz CT molecular complexity index is 782. The number of aryl methyl sites for hydroxylation is 1. The van der Waals surface area contributed by atoms with E-state index in [0.717, 1.165) is 4.57 Å². The van der Waals surface area contributed by atoms with Crippen LogP contribution in [0.2, 0.25) is 0 Å². The van der Waals surface area contributed by atoms with Crippen molar-refractivity contribution in [1.82, 2.24) is 9.55 Å². The molecule has 23 heavy (non-hydrogen) atoms. The summed E-state index contributed by atoms with van der Waals surface area (Å²) in [7, 11) is -4.87. The number of nitrogens with zero attached hydrogens (tertiary/aromatic N) is 1. The average molecular weight is 350 g/mol. The van der Waals surface area contributed by atoms with Gasteiger partial charge in [-0.25, -0.2) is 9.36 Å². The standard InChI is InChI=1S/C11H15N2O9P/c1-5-2-13(10(16)12-8(5)15)9-6-7(22-23(17,18)19)11(3-14,21-9)4-20-6/h2,6-7,9,14H,3-4H2,1H3,(H,12,15,16)(H2,17,18,19)/t6-,7+,9-,11+/m1/s1. The van der Waals surface area contributed by atoms with Crippen LogP contribution in [0.25, 0.3) is 0 Å². The molecule has 2 aliphatic heterocycles. The highest BCUT2D eigenvalue weighted by atomic mass is 31.2. The van der Waals surface area contributed by atoms with E-state index >= 15 is 0 Å². The summed E-state index contributed by atoms with van der Waals surface area (Å²) in [4.78, 5) is 43.5. The number of nitrogens with one attached hydrogen (secondary N) is 1. The van der Waals surface area contributed by atoms with Gasteiger partial charge in [-0.05, 0) is 6.92 Å². The number of fused-ring (bicyclic) bond motifs is 2. The molecule has 0 aromatic carbocycles. The van der Waals surface area contributed by atoms with E-state index in [-0.39, 0.29) is 12.2 Å². The molecular formula is C11H15N2O9P. The fourth-order valence-corrected chi connectivity index (χ4v) is 3.42. The first-order valence-corrected chi connectivity index (χ1v) is 8.16. The van der Waals surface area contributed by atoms with E-state index in [0.29, 0.717) is 0 Å². The second-order valence-corrected chi connectivity index (χ2v) is 6.69. The summed E-state index contributed by atoms with van der Waals surface area (Å²) < 4.78 is 27.9. The van der Waals surface area contributed by atoms with Crippen molar-refractivity contribution in [2.24, 2.45) is 0 Å².